The minimum atomic E-state index is -4.66. The van der Waals surface area contributed by atoms with Crippen molar-refractivity contribution in [3.63, 3.8) is 0 Å². The van der Waals surface area contributed by atoms with E-state index in [4.69, 9.17) is 4.74 Å². The molecule has 0 aliphatic carbocycles. The number of fused-ring (bicyclic) bond motifs is 2. The van der Waals surface area contributed by atoms with Gasteiger partial charge in [-0.25, -0.2) is 0 Å². The van der Waals surface area contributed by atoms with Gasteiger partial charge in [-0.3, -0.25) is 0 Å². The van der Waals surface area contributed by atoms with Gasteiger partial charge in [0.25, 0.3) is 0 Å². The largest absolute Gasteiger partial charge is 0.455 e. The van der Waals surface area contributed by atoms with E-state index in [1.54, 1.807) is 36.4 Å². The molecule has 0 atom stereocenters. The van der Waals surface area contributed by atoms with Crippen molar-refractivity contribution in [2.45, 2.75) is 44.0 Å². The van der Waals surface area contributed by atoms with E-state index >= 15 is 0 Å². The maximum Gasteiger partial charge on any atom is 0.416 e. The Hall–Kier alpha value is -4.86. The third-order valence-corrected chi connectivity index (χ3v) is 14.8. The summed E-state index contributed by atoms with van der Waals surface area (Å²) in [4.78, 5) is 0. The lowest BCUT2D eigenvalue weighted by atomic mass is 9.76. The van der Waals surface area contributed by atoms with Crippen LogP contribution in [0.4, 0.5) is 52.7 Å². The van der Waals surface area contributed by atoms with Crippen LogP contribution in [0.5, 0.6) is 11.5 Å². The van der Waals surface area contributed by atoms with Crippen molar-refractivity contribution in [1.29, 1.82) is 0 Å². The van der Waals surface area contributed by atoms with Gasteiger partial charge in [0.1, 0.15) is 11.5 Å². The first-order chi connectivity index (χ1) is 27.0. The van der Waals surface area contributed by atoms with E-state index in [1.807, 2.05) is 13.8 Å². The number of hydrogen-bond donors (Lipinski definition) is 0. The molecule has 1 nitrogen and oxygen atoms in total. The van der Waals surface area contributed by atoms with Crippen LogP contribution in [0.3, 0.4) is 0 Å². The molecule has 0 radical (unpaired) electrons. The molecule has 15 heteroatoms. The molecule has 6 aromatic rings. The third-order valence-electron chi connectivity index (χ3n) is 9.83. The van der Waals surface area contributed by atoms with Crippen LogP contribution in [0.1, 0.15) is 47.2 Å². The number of benzene rings is 6. The van der Waals surface area contributed by atoms with Crippen LogP contribution in [0.2, 0.25) is 0 Å². The quantitative estimate of drug-likeness (QED) is 0.120. The summed E-state index contributed by atoms with van der Waals surface area (Å²) >= 11 is 0. The molecule has 1 aliphatic rings. The summed E-state index contributed by atoms with van der Waals surface area (Å²) in [5.74, 6) is 0.543. The zero-order valence-electron chi connectivity index (χ0n) is 30.0. The second kappa shape index (κ2) is 14.8. The normalized spacial score (nSPS) is 14.3. The van der Waals surface area contributed by atoms with E-state index in [0.717, 1.165) is 48.5 Å². The molecule has 0 saturated heterocycles. The van der Waals surface area contributed by atoms with Crippen molar-refractivity contribution >= 4 is 47.7 Å². The van der Waals surface area contributed by atoms with E-state index in [1.165, 1.54) is 48.5 Å². The van der Waals surface area contributed by atoms with Gasteiger partial charge in [0.05, 0.1) is 22.3 Å². The maximum atomic E-state index is 13.6. The Morgan fingerprint density at radius 2 is 0.603 bits per heavy atom. The second-order valence-corrected chi connectivity index (χ2v) is 18.3. The lowest BCUT2D eigenvalue weighted by Crippen LogP contribution is -2.33. The van der Waals surface area contributed by atoms with Crippen molar-refractivity contribution in [2.75, 3.05) is 0 Å². The number of hydrogen-bond acceptors (Lipinski definition) is 1. The number of rotatable bonds is 6. The van der Waals surface area contributed by atoms with Crippen LogP contribution in [0.25, 0.3) is 0 Å². The van der Waals surface area contributed by atoms with Gasteiger partial charge in [0.2, 0.25) is 0 Å². The van der Waals surface area contributed by atoms with E-state index in [-0.39, 0.29) is 11.5 Å². The average molecular weight is 851 g/mol. The molecule has 0 bridgehead atoms. The Kier molecular flexibility index (Phi) is 10.5. The van der Waals surface area contributed by atoms with Crippen LogP contribution >= 0.6 is 15.8 Å². The zero-order chi connectivity index (χ0) is 42.0. The SMILES string of the molecule is CC1(C)c2cccc(P(c3ccc(C(F)(F)F)cc3)c3ccc(C(F)(F)F)cc3)c2Oc2c(P(c3ccc(C(F)(F)F)cc3)c3ccc(C(F)(F)F)cc3)cccc21. The monoisotopic (exact) mass is 850 g/mol. The van der Waals surface area contributed by atoms with Gasteiger partial charge in [-0.05, 0) is 85.6 Å². The summed E-state index contributed by atoms with van der Waals surface area (Å²) in [7, 11) is -3.80. The topological polar surface area (TPSA) is 9.23 Å². The summed E-state index contributed by atoms with van der Waals surface area (Å²) < 4.78 is 171. The Balaban J connectivity index is 1.43. The number of halogens is 12. The fourth-order valence-corrected chi connectivity index (χ4v) is 11.6. The minimum absolute atomic E-state index is 0.271. The molecule has 0 spiro atoms. The molecular formula is C43H28F12OP2. The standard InChI is InChI=1S/C43H28F12OP2/c1-39(2)33-5-3-7-35(57(29-17-9-25(10-18-29)40(44,45)46)30-19-11-26(12-20-30)41(47,48)49)37(33)56-38-34(39)6-4-8-36(38)58(31-21-13-27(14-22-31)42(50,51)52)32-23-15-28(16-24-32)43(53,54)55/h3-24H,1-2H3. The molecular weight excluding hydrogens is 822 g/mol. The fraction of sp³-hybridized carbons (Fsp3) is 0.163. The summed E-state index contributed by atoms with van der Waals surface area (Å²) in [6, 6.07) is 27.7. The Morgan fingerprint density at radius 3 is 0.828 bits per heavy atom. The van der Waals surface area contributed by atoms with Gasteiger partial charge < -0.3 is 4.74 Å². The van der Waals surface area contributed by atoms with Gasteiger partial charge in [0.15, 0.2) is 0 Å². The van der Waals surface area contributed by atoms with Crippen LogP contribution in [-0.4, -0.2) is 0 Å². The Labute approximate surface area is 326 Å². The molecule has 1 heterocycles. The third kappa shape index (κ3) is 7.95. The predicted octanol–water partition coefficient (Wildman–Crippen LogP) is 11.7. The highest BCUT2D eigenvalue weighted by Gasteiger charge is 2.41. The molecule has 0 saturated carbocycles. The van der Waals surface area contributed by atoms with Crippen LogP contribution in [0.15, 0.2) is 133 Å². The number of alkyl halides is 12. The molecule has 1 aliphatic heterocycles. The lowest BCUT2D eigenvalue weighted by Gasteiger charge is -2.38. The van der Waals surface area contributed by atoms with Crippen molar-refractivity contribution in [3.8, 4) is 11.5 Å². The highest BCUT2D eigenvalue weighted by atomic mass is 31.1. The van der Waals surface area contributed by atoms with Crippen LogP contribution in [0, 0.1) is 0 Å². The minimum Gasteiger partial charge on any atom is -0.455 e. The average Bonchev–Trinajstić information content (AvgIpc) is 3.15. The van der Waals surface area contributed by atoms with Gasteiger partial charge in [-0.2, -0.15) is 52.7 Å². The van der Waals surface area contributed by atoms with E-state index < -0.39 is 68.2 Å². The maximum absolute atomic E-state index is 13.6. The Morgan fingerprint density at radius 1 is 0.362 bits per heavy atom. The van der Waals surface area contributed by atoms with Crippen LogP contribution < -0.4 is 36.6 Å². The van der Waals surface area contributed by atoms with Gasteiger partial charge in [0, 0.05) is 27.2 Å². The van der Waals surface area contributed by atoms with E-state index in [9.17, 15) is 52.7 Å². The number of para-hydroxylation sites is 2. The van der Waals surface area contributed by atoms with Crippen molar-refractivity contribution < 1.29 is 57.4 Å². The van der Waals surface area contributed by atoms with Gasteiger partial charge in [-0.15, -0.1) is 0 Å². The van der Waals surface area contributed by atoms with E-state index in [0.29, 0.717) is 43.0 Å². The molecule has 58 heavy (non-hydrogen) atoms. The van der Waals surface area contributed by atoms with Crippen molar-refractivity contribution in [3.05, 3.63) is 167 Å². The predicted molar refractivity (Wildman–Crippen MR) is 203 cm³/mol. The molecule has 0 amide bonds. The first-order valence-electron chi connectivity index (χ1n) is 17.3. The van der Waals surface area contributed by atoms with Gasteiger partial charge in [-0.1, -0.05) is 98.8 Å². The number of ether oxygens (including phenoxy) is 1. The van der Waals surface area contributed by atoms with Crippen LogP contribution in [-0.2, 0) is 30.1 Å². The highest BCUT2D eigenvalue weighted by Crippen LogP contribution is 2.52. The second-order valence-electron chi connectivity index (χ2n) is 13.9. The fourth-order valence-electron chi connectivity index (χ4n) is 6.90. The van der Waals surface area contributed by atoms with Crippen molar-refractivity contribution in [2.24, 2.45) is 0 Å². The molecule has 0 fully saturated rings. The summed E-state index contributed by atoms with van der Waals surface area (Å²) in [5.41, 5.74) is -3.32. The van der Waals surface area contributed by atoms with Crippen molar-refractivity contribution in [1.82, 2.24) is 0 Å². The summed E-state index contributed by atoms with van der Waals surface area (Å²) in [5, 5.41) is 2.38. The first kappa shape index (κ1) is 41.3. The molecule has 0 unspecified atom stereocenters. The summed E-state index contributed by atoms with van der Waals surface area (Å²) in [6.45, 7) is 3.77. The zero-order valence-corrected chi connectivity index (χ0v) is 31.8. The lowest BCUT2D eigenvalue weighted by molar-refractivity contribution is -0.138. The highest BCUT2D eigenvalue weighted by molar-refractivity contribution is 7.80. The molecule has 6 aromatic carbocycles. The summed E-state index contributed by atoms with van der Waals surface area (Å²) in [6.07, 6.45) is -18.6. The smallest absolute Gasteiger partial charge is 0.416 e. The molecule has 0 N–H and O–H groups in total. The van der Waals surface area contributed by atoms with E-state index in [2.05, 4.69) is 0 Å². The molecule has 7 rings (SSSR count). The Bertz CT molecular complexity index is 2150. The molecule has 300 valence electrons. The van der Waals surface area contributed by atoms with Gasteiger partial charge >= 0.3 is 24.7 Å². The molecule has 0 aromatic heterocycles. The first-order valence-corrected chi connectivity index (χ1v) is 20.0.